The van der Waals surface area contributed by atoms with Gasteiger partial charge in [0.15, 0.2) is 0 Å². The topological polar surface area (TPSA) is 79.0 Å². The molecule has 0 saturated carbocycles. The Hall–Kier alpha value is -1.98. The fourth-order valence-electron chi connectivity index (χ4n) is 2.81. The molecule has 24 heavy (non-hydrogen) atoms. The summed E-state index contributed by atoms with van der Waals surface area (Å²) < 4.78 is 0. The Morgan fingerprint density at radius 1 is 1.38 bits per heavy atom. The number of amides is 1. The van der Waals surface area contributed by atoms with Crippen LogP contribution in [0.3, 0.4) is 0 Å². The first kappa shape index (κ1) is 18.4. The number of hydrogen-bond acceptors (Lipinski definition) is 4. The van der Waals surface area contributed by atoms with Crippen molar-refractivity contribution in [2.75, 3.05) is 11.9 Å². The van der Waals surface area contributed by atoms with Gasteiger partial charge in [-0.25, -0.2) is 0 Å². The summed E-state index contributed by atoms with van der Waals surface area (Å²) in [7, 11) is 0. The minimum atomic E-state index is -0.235. The summed E-state index contributed by atoms with van der Waals surface area (Å²) in [5.41, 5.74) is 10.00. The van der Waals surface area contributed by atoms with Crippen LogP contribution in [0.15, 0.2) is 35.0 Å². The number of rotatable bonds is 8. The predicted molar refractivity (Wildman–Crippen MR) is 102 cm³/mol. The predicted octanol–water partition coefficient (Wildman–Crippen LogP) is 4.16. The van der Waals surface area contributed by atoms with Crippen molar-refractivity contribution in [3.63, 3.8) is 0 Å². The highest BCUT2D eigenvalue weighted by Crippen LogP contribution is 2.25. The van der Waals surface area contributed by atoms with Crippen LogP contribution in [-0.2, 0) is 11.2 Å². The van der Waals surface area contributed by atoms with Crippen molar-refractivity contribution in [1.29, 1.82) is 5.41 Å². The van der Waals surface area contributed by atoms with E-state index in [0.717, 1.165) is 35.2 Å². The maximum absolute atomic E-state index is 12.7. The van der Waals surface area contributed by atoms with Gasteiger partial charge in [0, 0.05) is 17.0 Å². The number of carbonyl (C=O) groups is 1. The lowest BCUT2D eigenvalue weighted by Gasteiger charge is -2.16. The summed E-state index contributed by atoms with van der Waals surface area (Å²) in [5.74, 6) is -0.281. The molecule has 0 spiro atoms. The molecule has 4 N–H and O–H groups in total. The van der Waals surface area contributed by atoms with Crippen LogP contribution in [0.4, 0.5) is 5.69 Å². The van der Waals surface area contributed by atoms with Crippen molar-refractivity contribution < 1.29 is 4.79 Å². The van der Waals surface area contributed by atoms with E-state index in [1.165, 1.54) is 0 Å². The highest BCUT2D eigenvalue weighted by atomic mass is 32.1. The molecule has 2 aromatic rings. The van der Waals surface area contributed by atoms with Crippen molar-refractivity contribution in [2.24, 2.45) is 5.73 Å². The number of hydrogen-bond donors (Lipinski definition) is 3. The van der Waals surface area contributed by atoms with E-state index in [-0.39, 0.29) is 11.8 Å². The first-order valence-electron chi connectivity index (χ1n) is 8.28. The van der Waals surface area contributed by atoms with Gasteiger partial charge in [-0.15, -0.1) is 0 Å². The van der Waals surface area contributed by atoms with E-state index in [2.05, 4.69) is 12.2 Å². The Kier molecular flexibility index (Phi) is 6.70. The quantitative estimate of drug-likeness (QED) is 0.629. The van der Waals surface area contributed by atoms with Gasteiger partial charge in [0.25, 0.3) is 0 Å². The molecule has 4 nitrogen and oxygen atoms in total. The molecule has 0 saturated heterocycles. The van der Waals surface area contributed by atoms with Crippen LogP contribution in [-0.4, -0.2) is 18.2 Å². The highest BCUT2D eigenvalue weighted by Gasteiger charge is 2.20. The van der Waals surface area contributed by atoms with Crippen LogP contribution in [0.2, 0.25) is 0 Å². The van der Waals surface area contributed by atoms with Crippen LogP contribution in [0, 0.1) is 5.41 Å². The number of anilines is 1. The Balaban J connectivity index is 2.21. The Bertz CT molecular complexity index is 695. The van der Waals surface area contributed by atoms with Crippen LogP contribution in [0.1, 0.15) is 49.3 Å². The first-order valence-corrected chi connectivity index (χ1v) is 9.22. The van der Waals surface area contributed by atoms with E-state index in [1.807, 2.05) is 35.0 Å². The second-order valence-corrected chi connectivity index (χ2v) is 6.70. The summed E-state index contributed by atoms with van der Waals surface area (Å²) >= 11 is 1.58. The van der Waals surface area contributed by atoms with E-state index >= 15 is 0 Å². The van der Waals surface area contributed by atoms with Crippen molar-refractivity contribution in [3.05, 3.63) is 51.7 Å². The molecule has 1 amide bonds. The van der Waals surface area contributed by atoms with Crippen molar-refractivity contribution >= 4 is 28.6 Å². The van der Waals surface area contributed by atoms with Crippen molar-refractivity contribution in [2.45, 2.75) is 39.0 Å². The number of thiophene rings is 1. The van der Waals surface area contributed by atoms with Gasteiger partial charge in [0.1, 0.15) is 0 Å². The monoisotopic (exact) mass is 343 g/mol. The lowest BCUT2D eigenvalue weighted by molar-refractivity contribution is -0.117. The number of nitrogens with two attached hydrogens (primary N) is 1. The van der Waals surface area contributed by atoms with Crippen molar-refractivity contribution in [3.8, 4) is 0 Å². The minimum absolute atomic E-state index is 0.0457. The van der Waals surface area contributed by atoms with Gasteiger partial charge in [-0.2, -0.15) is 11.3 Å². The molecular weight excluding hydrogens is 318 g/mol. The van der Waals surface area contributed by atoms with E-state index < -0.39 is 0 Å². The summed E-state index contributed by atoms with van der Waals surface area (Å²) in [6, 6.07) is 7.80. The van der Waals surface area contributed by atoms with Gasteiger partial charge < -0.3 is 16.5 Å². The summed E-state index contributed by atoms with van der Waals surface area (Å²) in [6.45, 7) is 4.37. The van der Waals surface area contributed by atoms with Gasteiger partial charge in [-0.3, -0.25) is 4.79 Å². The number of aryl methyl sites for hydroxylation is 1. The van der Waals surface area contributed by atoms with E-state index in [1.54, 1.807) is 18.3 Å². The maximum atomic E-state index is 12.7. The fourth-order valence-corrected chi connectivity index (χ4v) is 3.52. The lowest BCUT2D eigenvalue weighted by Crippen LogP contribution is -2.23. The third-order valence-electron chi connectivity index (χ3n) is 4.02. The third kappa shape index (κ3) is 4.52. The molecule has 0 radical (unpaired) electrons. The molecule has 1 aromatic heterocycles. The zero-order chi connectivity index (χ0) is 17.5. The fraction of sp³-hybridized carbons (Fsp3) is 0.368. The zero-order valence-electron chi connectivity index (χ0n) is 14.3. The molecule has 128 valence electrons. The smallest absolute Gasteiger partial charge is 0.231 e. The van der Waals surface area contributed by atoms with Crippen LogP contribution < -0.4 is 11.1 Å². The summed E-state index contributed by atoms with van der Waals surface area (Å²) in [5, 5.41) is 14.9. The molecule has 5 heteroatoms. The largest absolute Gasteiger partial charge is 0.330 e. The second kappa shape index (κ2) is 8.76. The van der Waals surface area contributed by atoms with Gasteiger partial charge in [-0.1, -0.05) is 19.4 Å². The molecular formula is C19H25N3OS. The molecule has 0 aliphatic rings. The standard InChI is InChI=1S/C19H25N3OS/c1-3-4-14-5-6-16(11-18(14)13(2)21)22-19(23)17(7-9-20)15-8-10-24-12-15/h5-6,8,10-12,17,21H,3-4,7,9,20H2,1-2H3,(H,22,23). The molecule has 0 aliphatic carbocycles. The van der Waals surface area contributed by atoms with E-state index in [9.17, 15) is 4.79 Å². The van der Waals surface area contributed by atoms with Crippen LogP contribution in [0.25, 0.3) is 0 Å². The molecule has 1 atom stereocenters. The number of carbonyl (C=O) groups excluding carboxylic acids is 1. The molecule has 1 aromatic carbocycles. The van der Waals surface area contributed by atoms with Crippen LogP contribution >= 0.6 is 11.3 Å². The maximum Gasteiger partial charge on any atom is 0.231 e. The normalized spacial score (nSPS) is 12.0. The third-order valence-corrected chi connectivity index (χ3v) is 4.72. The molecule has 1 unspecified atom stereocenters. The number of benzene rings is 1. The Morgan fingerprint density at radius 3 is 2.75 bits per heavy atom. The van der Waals surface area contributed by atoms with Crippen LogP contribution in [0.5, 0.6) is 0 Å². The highest BCUT2D eigenvalue weighted by molar-refractivity contribution is 7.08. The van der Waals surface area contributed by atoms with Gasteiger partial charge >= 0.3 is 0 Å². The number of nitrogens with one attached hydrogen (secondary N) is 2. The average molecular weight is 343 g/mol. The summed E-state index contributed by atoms with van der Waals surface area (Å²) in [6.07, 6.45) is 2.58. The van der Waals surface area contributed by atoms with E-state index in [0.29, 0.717) is 18.7 Å². The van der Waals surface area contributed by atoms with Gasteiger partial charge in [0.2, 0.25) is 5.91 Å². The second-order valence-electron chi connectivity index (χ2n) is 5.92. The zero-order valence-corrected chi connectivity index (χ0v) is 15.1. The van der Waals surface area contributed by atoms with Crippen molar-refractivity contribution in [1.82, 2.24) is 0 Å². The molecule has 2 rings (SSSR count). The average Bonchev–Trinajstić information content (AvgIpc) is 3.08. The Morgan fingerprint density at radius 2 is 2.17 bits per heavy atom. The van der Waals surface area contributed by atoms with Gasteiger partial charge in [0.05, 0.1) is 5.92 Å². The first-order chi connectivity index (χ1) is 11.6. The lowest BCUT2D eigenvalue weighted by atomic mass is 9.96. The summed E-state index contributed by atoms with van der Waals surface area (Å²) in [4.78, 5) is 12.7. The molecule has 0 bridgehead atoms. The SMILES string of the molecule is CCCc1ccc(NC(=O)C(CCN)c2ccsc2)cc1C(C)=N. The minimum Gasteiger partial charge on any atom is -0.330 e. The van der Waals surface area contributed by atoms with Gasteiger partial charge in [-0.05, 0) is 66.4 Å². The molecule has 0 aliphatic heterocycles. The Labute approximate surface area is 147 Å². The molecule has 1 heterocycles. The van der Waals surface area contributed by atoms with E-state index in [4.69, 9.17) is 11.1 Å². The molecule has 0 fully saturated rings.